The minimum absolute atomic E-state index is 0.126. The highest BCUT2D eigenvalue weighted by atomic mass is 32.2. The van der Waals surface area contributed by atoms with Crippen LogP contribution in [0.4, 0.5) is 8.78 Å². The van der Waals surface area contributed by atoms with E-state index >= 15 is 0 Å². The quantitative estimate of drug-likeness (QED) is 0.863. The Labute approximate surface area is 98.4 Å². The maximum Gasteiger partial charge on any atom is 0.130 e. The van der Waals surface area contributed by atoms with Gasteiger partial charge in [0.15, 0.2) is 0 Å². The van der Waals surface area contributed by atoms with E-state index < -0.39 is 11.6 Å². The molecular weight excluding hydrogens is 228 g/mol. The van der Waals surface area contributed by atoms with E-state index in [4.69, 9.17) is 5.73 Å². The van der Waals surface area contributed by atoms with Crippen LogP contribution in [0, 0.1) is 11.6 Å². The molecule has 0 spiro atoms. The minimum Gasteiger partial charge on any atom is -0.323 e. The van der Waals surface area contributed by atoms with E-state index in [0.29, 0.717) is 5.56 Å². The lowest BCUT2D eigenvalue weighted by Crippen LogP contribution is -2.33. The van der Waals surface area contributed by atoms with E-state index in [9.17, 15) is 8.78 Å². The Morgan fingerprint density at radius 1 is 1.44 bits per heavy atom. The molecule has 2 rings (SSSR count). The highest BCUT2D eigenvalue weighted by Crippen LogP contribution is 2.45. The molecule has 1 nitrogen and oxygen atoms in total. The van der Waals surface area contributed by atoms with Crippen molar-refractivity contribution in [2.45, 2.75) is 30.6 Å². The first kappa shape index (κ1) is 11.9. The number of halogens is 2. The normalized spacial score (nSPS) is 27.0. The first-order valence-corrected chi connectivity index (χ1v) is 6.36. The molecule has 16 heavy (non-hydrogen) atoms. The molecule has 1 saturated heterocycles. The van der Waals surface area contributed by atoms with Gasteiger partial charge in [0.05, 0.1) is 0 Å². The molecule has 0 aromatic heterocycles. The van der Waals surface area contributed by atoms with Gasteiger partial charge in [0.2, 0.25) is 0 Å². The Morgan fingerprint density at radius 3 is 2.75 bits per heavy atom. The lowest BCUT2D eigenvalue weighted by molar-refractivity contribution is 0.474. The van der Waals surface area contributed by atoms with Crippen LogP contribution in [0.3, 0.4) is 0 Å². The second-order valence-electron chi connectivity index (χ2n) is 4.41. The van der Waals surface area contributed by atoms with Crippen LogP contribution >= 0.6 is 11.8 Å². The number of hydrogen-bond acceptors (Lipinski definition) is 2. The van der Waals surface area contributed by atoms with Gasteiger partial charge in [0.25, 0.3) is 0 Å². The molecule has 2 N–H and O–H groups in total. The van der Waals surface area contributed by atoms with Crippen molar-refractivity contribution in [1.29, 1.82) is 0 Å². The summed E-state index contributed by atoms with van der Waals surface area (Å²) in [5.74, 6) is -0.0357. The van der Waals surface area contributed by atoms with Gasteiger partial charge in [-0.25, -0.2) is 8.78 Å². The molecule has 4 heteroatoms. The third-order valence-electron chi connectivity index (χ3n) is 3.20. The molecule has 2 unspecified atom stereocenters. The van der Waals surface area contributed by atoms with Gasteiger partial charge in [-0.2, -0.15) is 11.8 Å². The third kappa shape index (κ3) is 2.09. The van der Waals surface area contributed by atoms with Crippen molar-refractivity contribution in [3.05, 3.63) is 35.4 Å². The fourth-order valence-corrected chi connectivity index (χ4v) is 3.48. The number of hydrogen-bond donors (Lipinski definition) is 1. The molecule has 88 valence electrons. The zero-order valence-electron chi connectivity index (χ0n) is 9.17. The Kier molecular flexibility index (Phi) is 3.22. The van der Waals surface area contributed by atoms with Crippen molar-refractivity contribution in [3.63, 3.8) is 0 Å². The van der Waals surface area contributed by atoms with Crippen molar-refractivity contribution >= 4 is 11.8 Å². The molecular formula is C12H15F2NS. The number of thioether (sulfide) groups is 1. The first-order valence-electron chi connectivity index (χ1n) is 5.37. The Hall–Kier alpha value is -0.610. The molecule has 2 atom stereocenters. The van der Waals surface area contributed by atoms with Crippen LogP contribution in [-0.4, -0.2) is 10.5 Å². The summed E-state index contributed by atoms with van der Waals surface area (Å²) in [4.78, 5) is 0. The number of benzene rings is 1. The number of nitrogens with two attached hydrogens (primary N) is 1. The molecule has 0 aliphatic carbocycles. The molecule has 1 aromatic rings. The predicted molar refractivity (Wildman–Crippen MR) is 63.4 cm³/mol. The van der Waals surface area contributed by atoms with E-state index in [-0.39, 0.29) is 10.8 Å². The molecule has 1 heterocycles. The summed E-state index contributed by atoms with van der Waals surface area (Å²) in [6.07, 6.45) is 2.09. The smallest absolute Gasteiger partial charge is 0.130 e. The van der Waals surface area contributed by atoms with Crippen LogP contribution in [0.5, 0.6) is 0 Å². The summed E-state index contributed by atoms with van der Waals surface area (Å²) < 4.78 is 26.3. The maximum absolute atomic E-state index is 13.6. The average molecular weight is 243 g/mol. The van der Waals surface area contributed by atoms with Crippen molar-refractivity contribution in [3.8, 4) is 0 Å². The Bertz CT molecular complexity index is 389. The second kappa shape index (κ2) is 4.34. The summed E-state index contributed by atoms with van der Waals surface area (Å²) in [5, 5.41) is 0. The zero-order valence-corrected chi connectivity index (χ0v) is 9.99. The van der Waals surface area contributed by atoms with Crippen molar-refractivity contribution in [2.75, 3.05) is 5.75 Å². The van der Waals surface area contributed by atoms with Gasteiger partial charge in [-0.15, -0.1) is 0 Å². The zero-order chi connectivity index (χ0) is 11.8. The van der Waals surface area contributed by atoms with Crippen LogP contribution in [0.2, 0.25) is 0 Å². The lowest BCUT2D eigenvalue weighted by atomic mass is 9.91. The van der Waals surface area contributed by atoms with E-state index in [0.717, 1.165) is 24.7 Å². The van der Waals surface area contributed by atoms with Gasteiger partial charge in [-0.1, -0.05) is 6.07 Å². The van der Waals surface area contributed by atoms with Crippen molar-refractivity contribution in [1.82, 2.24) is 0 Å². The van der Waals surface area contributed by atoms with Crippen LogP contribution in [0.1, 0.15) is 31.4 Å². The van der Waals surface area contributed by atoms with E-state index in [1.54, 1.807) is 11.8 Å². The molecule has 0 amide bonds. The standard InChI is InChI=1S/C12H15F2NS/c1-12(5-2-6-16-12)11(15)9-4-3-8(13)7-10(9)14/h3-4,7,11H,2,5-6,15H2,1H3. The molecule has 1 fully saturated rings. The van der Waals surface area contributed by atoms with Crippen LogP contribution in [0.15, 0.2) is 18.2 Å². The average Bonchev–Trinajstić information content (AvgIpc) is 2.66. The molecule has 1 aliphatic rings. The van der Waals surface area contributed by atoms with Gasteiger partial charge in [0.1, 0.15) is 11.6 Å². The van der Waals surface area contributed by atoms with Gasteiger partial charge in [-0.3, -0.25) is 0 Å². The van der Waals surface area contributed by atoms with Crippen LogP contribution < -0.4 is 5.73 Å². The van der Waals surface area contributed by atoms with E-state index in [1.807, 2.05) is 0 Å². The molecule has 0 saturated carbocycles. The fraction of sp³-hybridized carbons (Fsp3) is 0.500. The largest absolute Gasteiger partial charge is 0.323 e. The predicted octanol–water partition coefficient (Wildman–Crippen LogP) is 3.25. The van der Waals surface area contributed by atoms with Crippen LogP contribution in [-0.2, 0) is 0 Å². The van der Waals surface area contributed by atoms with Gasteiger partial charge >= 0.3 is 0 Å². The monoisotopic (exact) mass is 243 g/mol. The summed E-state index contributed by atoms with van der Waals surface area (Å²) in [6, 6.07) is 3.25. The molecule has 1 aromatic carbocycles. The van der Waals surface area contributed by atoms with Crippen molar-refractivity contribution in [2.24, 2.45) is 5.73 Å². The number of rotatable bonds is 2. The van der Waals surface area contributed by atoms with Gasteiger partial charge in [0, 0.05) is 22.4 Å². The van der Waals surface area contributed by atoms with E-state index in [2.05, 4.69) is 6.92 Å². The SMILES string of the molecule is CC1(C(N)c2ccc(F)cc2F)CCCS1. The topological polar surface area (TPSA) is 26.0 Å². The molecule has 1 aliphatic heterocycles. The molecule has 0 radical (unpaired) electrons. The van der Waals surface area contributed by atoms with Gasteiger partial charge in [-0.05, 0) is 31.6 Å². The minimum atomic E-state index is -0.558. The third-order valence-corrected chi connectivity index (χ3v) is 4.82. The molecule has 0 bridgehead atoms. The Morgan fingerprint density at radius 2 is 2.19 bits per heavy atom. The maximum atomic E-state index is 13.6. The summed E-state index contributed by atoms with van der Waals surface area (Å²) in [6.45, 7) is 2.05. The van der Waals surface area contributed by atoms with Crippen molar-refractivity contribution < 1.29 is 8.78 Å². The first-order chi connectivity index (χ1) is 7.53. The lowest BCUT2D eigenvalue weighted by Gasteiger charge is -2.30. The highest BCUT2D eigenvalue weighted by molar-refractivity contribution is 8.00. The van der Waals surface area contributed by atoms with E-state index in [1.165, 1.54) is 12.1 Å². The van der Waals surface area contributed by atoms with Crippen LogP contribution in [0.25, 0.3) is 0 Å². The summed E-state index contributed by atoms with van der Waals surface area (Å²) >= 11 is 1.78. The van der Waals surface area contributed by atoms with Gasteiger partial charge < -0.3 is 5.73 Å². The summed E-state index contributed by atoms with van der Waals surface area (Å²) in [5.41, 5.74) is 6.52. The second-order valence-corrected chi connectivity index (χ2v) is 6.04. The Balaban J connectivity index is 2.29. The fourth-order valence-electron chi connectivity index (χ4n) is 2.13. The summed E-state index contributed by atoms with van der Waals surface area (Å²) in [7, 11) is 0. The highest BCUT2D eigenvalue weighted by Gasteiger charge is 2.37.